The second-order valence-corrected chi connectivity index (χ2v) is 3.59. The van der Waals surface area contributed by atoms with E-state index in [1.807, 2.05) is 30.3 Å². The fraction of sp³-hybridized carbons (Fsp3) is 0.500. The third-order valence-electron chi connectivity index (χ3n) is 1.97. The van der Waals surface area contributed by atoms with E-state index in [1.165, 1.54) is 5.56 Å². The third kappa shape index (κ3) is 6.23. The van der Waals surface area contributed by atoms with Gasteiger partial charge in [0.2, 0.25) is 0 Å². The molecular weight excluding hydrogens is 190 g/mol. The molecule has 15 heavy (non-hydrogen) atoms. The summed E-state index contributed by atoms with van der Waals surface area (Å²) in [5.41, 5.74) is 1.19. The maximum absolute atomic E-state index is 8.98. The van der Waals surface area contributed by atoms with Crippen molar-refractivity contribution in [2.75, 3.05) is 19.7 Å². The SMILES string of the molecule is C[C@H](O)CNCCOCc1ccccc1. The van der Waals surface area contributed by atoms with Crippen LogP contribution >= 0.6 is 0 Å². The Balaban J connectivity index is 1.98. The van der Waals surface area contributed by atoms with Crippen LogP contribution in [0.3, 0.4) is 0 Å². The first kappa shape index (κ1) is 12.2. The fourth-order valence-corrected chi connectivity index (χ4v) is 1.22. The van der Waals surface area contributed by atoms with Crippen LogP contribution in [-0.4, -0.2) is 30.9 Å². The van der Waals surface area contributed by atoms with Crippen molar-refractivity contribution in [3.05, 3.63) is 35.9 Å². The minimum atomic E-state index is -0.292. The Hall–Kier alpha value is -0.900. The van der Waals surface area contributed by atoms with Crippen LogP contribution in [0.15, 0.2) is 30.3 Å². The summed E-state index contributed by atoms with van der Waals surface area (Å²) in [6, 6.07) is 10.1. The zero-order valence-corrected chi connectivity index (χ0v) is 9.15. The minimum absolute atomic E-state index is 0.292. The van der Waals surface area contributed by atoms with E-state index in [0.717, 1.165) is 6.54 Å². The van der Waals surface area contributed by atoms with E-state index in [1.54, 1.807) is 6.92 Å². The van der Waals surface area contributed by atoms with Gasteiger partial charge in [-0.1, -0.05) is 30.3 Å². The monoisotopic (exact) mass is 209 g/mol. The van der Waals surface area contributed by atoms with Crippen LogP contribution in [0.5, 0.6) is 0 Å². The van der Waals surface area contributed by atoms with E-state index in [-0.39, 0.29) is 6.10 Å². The molecule has 0 aromatic heterocycles. The molecule has 3 nitrogen and oxygen atoms in total. The molecule has 2 N–H and O–H groups in total. The number of aliphatic hydroxyl groups is 1. The molecule has 0 spiro atoms. The van der Waals surface area contributed by atoms with Crippen molar-refractivity contribution in [3.8, 4) is 0 Å². The summed E-state index contributed by atoms with van der Waals surface area (Å²) >= 11 is 0. The molecule has 0 radical (unpaired) electrons. The van der Waals surface area contributed by atoms with Crippen LogP contribution in [0, 0.1) is 0 Å². The zero-order chi connectivity index (χ0) is 10.9. The average molecular weight is 209 g/mol. The molecular formula is C12H19NO2. The van der Waals surface area contributed by atoms with Gasteiger partial charge in [-0.05, 0) is 12.5 Å². The summed E-state index contributed by atoms with van der Waals surface area (Å²) in [4.78, 5) is 0. The van der Waals surface area contributed by atoms with Gasteiger partial charge in [-0.2, -0.15) is 0 Å². The van der Waals surface area contributed by atoms with Gasteiger partial charge in [0, 0.05) is 13.1 Å². The molecule has 0 aliphatic heterocycles. The smallest absolute Gasteiger partial charge is 0.0717 e. The maximum atomic E-state index is 8.98. The zero-order valence-electron chi connectivity index (χ0n) is 9.15. The second-order valence-electron chi connectivity index (χ2n) is 3.59. The summed E-state index contributed by atoms with van der Waals surface area (Å²) in [7, 11) is 0. The normalized spacial score (nSPS) is 12.7. The van der Waals surface area contributed by atoms with Crippen molar-refractivity contribution in [3.63, 3.8) is 0 Å². The van der Waals surface area contributed by atoms with Crippen molar-refractivity contribution < 1.29 is 9.84 Å². The Morgan fingerprint density at radius 1 is 1.33 bits per heavy atom. The first-order chi connectivity index (χ1) is 7.29. The highest BCUT2D eigenvalue weighted by atomic mass is 16.5. The molecule has 0 saturated carbocycles. The number of hydrogen-bond acceptors (Lipinski definition) is 3. The molecule has 84 valence electrons. The molecule has 0 aliphatic rings. The summed E-state index contributed by atoms with van der Waals surface area (Å²) in [5, 5.41) is 12.1. The van der Waals surface area contributed by atoms with Gasteiger partial charge in [-0.3, -0.25) is 0 Å². The number of ether oxygens (including phenoxy) is 1. The van der Waals surface area contributed by atoms with Gasteiger partial charge in [0.15, 0.2) is 0 Å². The van der Waals surface area contributed by atoms with Crippen molar-refractivity contribution in [2.45, 2.75) is 19.6 Å². The average Bonchev–Trinajstić information content (AvgIpc) is 2.24. The Kier molecular flexibility index (Phi) is 6.00. The lowest BCUT2D eigenvalue weighted by Gasteiger charge is -2.07. The Morgan fingerprint density at radius 3 is 2.73 bits per heavy atom. The Morgan fingerprint density at radius 2 is 2.07 bits per heavy atom. The van der Waals surface area contributed by atoms with Crippen LogP contribution < -0.4 is 5.32 Å². The van der Waals surface area contributed by atoms with Crippen LogP contribution in [0.4, 0.5) is 0 Å². The van der Waals surface area contributed by atoms with Crippen LogP contribution in [0.2, 0.25) is 0 Å². The van der Waals surface area contributed by atoms with E-state index >= 15 is 0 Å². The Labute approximate surface area is 91.1 Å². The lowest BCUT2D eigenvalue weighted by Crippen LogP contribution is -2.27. The van der Waals surface area contributed by atoms with E-state index in [9.17, 15) is 0 Å². The largest absolute Gasteiger partial charge is 0.392 e. The van der Waals surface area contributed by atoms with E-state index in [4.69, 9.17) is 9.84 Å². The standard InChI is InChI=1S/C12H19NO2/c1-11(14)9-13-7-8-15-10-12-5-3-2-4-6-12/h2-6,11,13-14H,7-10H2,1H3/t11-/m0/s1. The molecule has 1 aromatic carbocycles. The molecule has 3 heteroatoms. The number of nitrogens with one attached hydrogen (secondary N) is 1. The lowest BCUT2D eigenvalue weighted by atomic mass is 10.2. The highest BCUT2D eigenvalue weighted by molar-refractivity contribution is 5.13. The van der Waals surface area contributed by atoms with E-state index in [2.05, 4.69) is 5.32 Å². The van der Waals surface area contributed by atoms with E-state index < -0.39 is 0 Å². The van der Waals surface area contributed by atoms with Gasteiger partial charge in [0.25, 0.3) is 0 Å². The van der Waals surface area contributed by atoms with Crippen LogP contribution in [-0.2, 0) is 11.3 Å². The number of benzene rings is 1. The topological polar surface area (TPSA) is 41.5 Å². The molecule has 0 amide bonds. The second kappa shape index (κ2) is 7.40. The summed E-state index contributed by atoms with van der Waals surface area (Å²) < 4.78 is 5.46. The van der Waals surface area contributed by atoms with E-state index in [0.29, 0.717) is 19.8 Å². The van der Waals surface area contributed by atoms with Crippen LogP contribution in [0.25, 0.3) is 0 Å². The molecule has 0 fully saturated rings. The molecule has 1 rings (SSSR count). The fourth-order valence-electron chi connectivity index (χ4n) is 1.22. The van der Waals surface area contributed by atoms with Gasteiger partial charge in [-0.25, -0.2) is 0 Å². The quantitative estimate of drug-likeness (QED) is 0.662. The molecule has 0 heterocycles. The number of hydrogen-bond donors (Lipinski definition) is 2. The van der Waals surface area contributed by atoms with Crippen LogP contribution in [0.1, 0.15) is 12.5 Å². The molecule has 1 atom stereocenters. The molecule has 0 aliphatic carbocycles. The van der Waals surface area contributed by atoms with Gasteiger partial charge >= 0.3 is 0 Å². The Bertz CT molecular complexity index is 249. The molecule has 0 saturated heterocycles. The molecule has 0 bridgehead atoms. The first-order valence-electron chi connectivity index (χ1n) is 5.29. The number of rotatable bonds is 7. The summed E-state index contributed by atoms with van der Waals surface area (Å²) in [6.07, 6.45) is -0.292. The lowest BCUT2D eigenvalue weighted by molar-refractivity contribution is 0.118. The van der Waals surface area contributed by atoms with Gasteiger partial charge < -0.3 is 15.2 Å². The summed E-state index contributed by atoms with van der Waals surface area (Å²) in [5.74, 6) is 0. The molecule has 1 aromatic rings. The maximum Gasteiger partial charge on any atom is 0.0717 e. The van der Waals surface area contributed by atoms with Gasteiger partial charge in [0.1, 0.15) is 0 Å². The highest BCUT2D eigenvalue weighted by Gasteiger charge is 1.94. The predicted octanol–water partition coefficient (Wildman–Crippen LogP) is 1.17. The first-order valence-corrected chi connectivity index (χ1v) is 5.29. The van der Waals surface area contributed by atoms with Crippen molar-refractivity contribution in [1.29, 1.82) is 0 Å². The molecule has 0 unspecified atom stereocenters. The third-order valence-corrected chi connectivity index (χ3v) is 1.97. The van der Waals surface area contributed by atoms with Gasteiger partial charge in [0.05, 0.1) is 19.3 Å². The van der Waals surface area contributed by atoms with Gasteiger partial charge in [-0.15, -0.1) is 0 Å². The minimum Gasteiger partial charge on any atom is -0.392 e. The predicted molar refractivity (Wildman–Crippen MR) is 60.6 cm³/mol. The van der Waals surface area contributed by atoms with Crippen molar-refractivity contribution in [1.82, 2.24) is 5.32 Å². The van der Waals surface area contributed by atoms with Crippen molar-refractivity contribution in [2.24, 2.45) is 0 Å². The summed E-state index contributed by atoms with van der Waals surface area (Å²) in [6.45, 7) is 4.48. The van der Waals surface area contributed by atoms with Crippen molar-refractivity contribution >= 4 is 0 Å². The number of aliphatic hydroxyl groups excluding tert-OH is 1. The highest BCUT2D eigenvalue weighted by Crippen LogP contribution is 1.99.